The average Bonchev–Trinajstić information content (AvgIpc) is 3.20. The number of rotatable bonds is 8. The Morgan fingerprint density at radius 2 is 2.00 bits per heavy atom. The summed E-state index contributed by atoms with van der Waals surface area (Å²) in [5.74, 6) is 0.987. The molecule has 0 amide bonds. The fourth-order valence-electron chi connectivity index (χ4n) is 3.72. The van der Waals surface area contributed by atoms with E-state index in [2.05, 4.69) is 15.4 Å². The quantitative estimate of drug-likeness (QED) is 0.370. The molecule has 1 aliphatic rings. The van der Waals surface area contributed by atoms with Gasteiger partial charge in [-0.15, -0.1) is 5.10 Å². The molecule has 2 heterocycles. The third-order valence-electron chi connectivity index (χ3n) is 5.10. The zero-order valence-electron chi connectivity index (χ0n) is 18.7. The van der Waals surface area contributed by atoms with Gasteiger partial charge in [0.2, 0.25) is 11.1 Å². The molecular formula is C24H25FN4O3S. The second-order valence-electron chi connectivity index (χ2n) is 7.34. The monoisotopic (exact) mass is 468 g/mol. The minimum atomic E-state index is -0.570. The van der Waals surface area contributed by atoms with Crippen LogP contribution in [-0.2, 0) is 15.3 Å². The summed E-state index contributed by atoms with van der Waals surface area (Å²) in [5.41, 5.74) is 2.71. The van der Waals surface area contributed by atoms with Gasteiger partial charge in [-0.25, -0.2) is 13.9 Å². The van der Waals surface area contributed by atoms with Gasteiger partial charge < -0.3 is 14.8 Å². The van der Waals surface area contributed by atoms with Crippen LogP contribution in [0.3, 0.4) is 0 Å². The molecule has 0 spiro atoms. The Hall–Kier alpha value is -3.33. The minimum Gasteiger partial charge on any atom is -0.494 e. The Morgan fingerprint density at radius 1 is 1.18 bits per heavy atom. The first-order valence-electron chi connectivity index (χ1n) is 10.7. The van der Waals surface area contributed by atoms with Crippen molar-refractivity contribution in [2.24, 2.45) is 0 Å². The van der Waals surface area contributed by atoms with E-state index in [0.29, 0.717) is 40.5 Å². The highest BCUT2D eigenvalue weighted by Gasteiger charge is 2.36. The van der Waals surface area contributed by atoms with Crippen LogP contribution in [0.2, 0.25) is 0 Å². The van der Waals surface area contributed by atoms with Crippen LogP contribution in [0, 0.1) is 5.82 Å². The molecule has 0 unspecified atom stereocenters. The molecule has 33 heavy (non-hydrogen) atoms. The Kier molecular flexibility index (Phi) is 6.98. The molecule has 172 valence electrons. The van der Waals surface area contributed by atoms with E-state index in [1.54, 1.807) is 17.7 Å². The Labute approximate surface area is 196 Å². The maximum absolute atomic E-state index is 13.5. The maximum atomic E-state index is 13.5. The lowest BCUT2D eigenvalue weighted by molar-refractivity contribution is -0.139. The summed E-state index contributed by atoms with van der Waals surface area (Å²) < 4.78 is 26.4. The van der Waals surface area contributed by atoms with Crippen molar-refractivity contribution in [3.63, 3.8) is 0 Å². The number of nitrogens with one attached hydrogen (secondary N) is 1. The van der Waals surface area contributed by atoms with Crippen molar-refractivity contribution in [3.8, 4) is 5.75 Å². The van der Waals surface area contributed by atoms with E-state index in [0.717, 1.165) is 11.1 Å². The molecule has 0 fully saturated rings. The summed E-state index contributed by atoms with van der Waals surface area (Å²) >= 11 is 1.39. The smallest absolute Gasteiger partial charge is 0.338 e. The van der Waals surface area contributed by atoms with E-state index < -0.39 is 12.0 Å². The van der Waals surface area contributed by atoms with Gasteiger partial charge >= 0.3 is 5.97 Å². The van der Waals surface area contributed by atoms with Gasteiger partial charge in [0.1, 0.15) is 17.6 Å². The van der Waals surface area contributed by atoms with Crippen LogP contribution in [0.15, 0.2) is 65.0 Å². The number of fused-ring (bicyclic) bond motifs is 1. The summed E-state index contributed by atoms with van der Waals surface area (Å²) in [6.45, 7) is 6.25. The lowest BCUT2D eigenvalue weighted by Gasteiger charge is -2.29. The summed E-state index contributed by atoms with van der Waals surface area (Å²) in [6.07, 6.45) is 0. The van der Waals surface area contributed by atoms with Crippen LogP contribution in [0.5, 0.6) is 5.75 Å². The van der Waals surface area contributed by atoms with E-state index in [9.17, 15) is 9.18 Å². The number of carbonyl (C=O) groups excluding carboxylic acids is 1. The molecule has 0 radical (unpaired) electrons. The van der Waals surface area contributed by atoms with Gasteiger partial charge in [0.05, 0.1) is 18.8 Å². The second-order valence-corrected chi connectivity index (χ2v) is 8.28. The Balaban J connectivity index is 1.73. The molecular weight excluding hydrogens is 443 g/mol. The number of hydrogen-bond acceptors (Lipinski definition) is 7. The molecule has 4 rings (SSSR count). The predicted molar refractivity (Wildman–Crippen MR) is 125 cm³/mol. The Bertz CT molecular complexity index is 1190. The summed E-state index contributed by atoms with van der Waals surface area (Å²) in [5, 5.41) is 8.38. The number of anilines is 1. The number of nitrogens with zero attached hydrogens (tertiary/aromatic N) is 3. The second kappa shape index (κ2) is 10.1. The van der Waals surface area contributed by atoms with E-state index in [1.165, 1.54) is 23.9 Å². The lowest BCUT2D eigenvalue weighted by Crippen LogP contribution is -2.30. The number of hydrogen-bond donors (Lipinski definition) is 1. The van der Waals surface area contributed by atoms with Crippen molar-refractivity contribution in [3.05, 3.63) is 76.7 Å². The molecule has 2 aromatic carbocycles. The molecule has 1 aromatic heterocycles. The van der Waals surface area contributed by atoms with Gasteiger partial charge in [-0.3, -0.25) is 0 Å². The normalized spacial score (nSPS) is 15.1. The lowest BCUT2D eigenvalue weighted by atomic mass is 9.95. The number of aromatic nitrogens is 3. The zero-order valence-corrected chi connectivity index (χ0v) is 19.5. The highest BCUT2D eigenvalue weighted by atomic mass is 32.2. The number of halogens is 1. The number of allylic oxidation sites excluding steroid dienone is 1. The van der Waals surface area contributed by atoms with Crippen molar-refractivity contribution in [1.29, 1.82) is 0 Å². The summed E-state index contributed by atoms with van der Waals surface area (Å²) in [6, 6.07) is 13.4. The van der Waals surface area contributed by atoms with E-state index >= 15 is 0 Å². The highest BCUT2D eigenvalue weighted by molar-refractivity contribution is 7.98. The number of ether oxygens (including phenoxy) is 2. The molecule has 0 aliphatic carbocycles. The zero-order chi connectivity index (χ0) is 23.4. The number of para-hydroxylation sites is 1. The topological polar surface area (TPSA) is 78.3 Å². The van der Waals surface area contributed by atoms with E-state index in [1.807, 2.05) is 44.2 Å². The number of carbonyl (C=O) groups is 1. The number of thioether (sulfide) groups is 1. The first kappa shape index (κ1) is 22.8. The first-order chi connectivity index (χ1) is 16.0. The van der Waals surface area contributed by atoms with Crippen molar-refractivity contribution in [2.45, 2.75) is 37.7 Å². The number of benzene rings is 2. The van der Waals surface area contributed by atoms with Gasteiger partial charge in [0, 0.05) is 17.0 Å². The fourth-order valence-corrected chi connectivity index (χ4v) is 4.49. The highest BCUT2D eigenvalue weighted by Crippen LogP contribution is 2.40. The number of esters is 1. The van der Waals surface area contributed by atoms with Gasteiger partial charge in [0.25, 0.3) is 0 Å². The third kappa shape index (κ3) is 4.88. The van der Waals surface area contributed by atoms with Crippen molar-refractivity contribution in [2.75, 3.05) is 18.5 Å². The van der Waals surface area contributed by atoms with Crippen molar-refractivity contribution in [1.82, 2.24) is 14.8 Å². The van der Waals surface area contributed by atoms with Crippen molar-refractivity contribution < 1.29 is 18.7 Å². The van der Waals surface area contributed by atoms with Crippen LogP contribution >= 0.6 is 11.8 Å². The van der Waals surface area contributed by atoms with Gasteiger partial charge in [-0.2, -0.15) is 4.98 Å². The maximum Gasteiger partial charge on any atom is 0.338 e. The molecule has 1 atom stereocenters. The molecule has 1 N–H and O–H groups in total. The standard InChI is InChI=1S/C24H25FN4O3S/c1-4-31-19-12-7-6-11-18(19)21-20(22(30)32-5-2)15(3)26-23-27-24(28-29(21)23)33-14-16-9-8-10-17(25)13-16/h6-13,21H,4-5,14H2,1-3H3,(H,26,27,28)/t21-/m0/s1. The van der Waals surface area contributed by atoms with Crippen molar-refractivity contribution >= 4 is 23.7 Å². The van der Waals surface area contributed by atoms with Crippen LogP contribution in [-0.4, -0.2) is 33.9 Å². The SMILES string of the molecule is CCOC(=O)C1=C(C)Nc2nc(SCc3cccc(F)c3)nn2[C@H]1c1ccccc1OCC. The Morgan fingerprint density at radius 3 is 2.76 bits per heavy atom. The largest absolute Gasteiger partial charge is 0.494 e. The van der Waals surface area contributed by atoms with Crippen LogP contribution < -0.4 is 10.1 Å². The van der Waals surface area contributed by atoms with Crippen LogP contribution in [0.4, 0.5) is 10.3 Å². The van der Waals surface area contributed by atoms with E-state index in [4.69, 9.17) is 9.47 Å². The molecule has 0 saturated heterocycles. The van der Waals surface area contributed by atoms with Gasteiger partial charge in [-0.05, 0) is 44.5 Å². The molecule has 3 aromatic rings. The first-order valence-corrected chi connectivity index (χ1v) is 11.7. The summed E-state index contributed by atoms with van der Waals surface area (Å²) in [7, 11) is 0. The van der Waals surface area contributed by atoms with Crippen LogP contribution in [0.25, 0.3) is 0 Å². The third-order valence-corrected chi connectivity index (χ3v) is 6.01. The molecule has 0 bridgehead atoms. The molecule has 0 saturated carbocycles. The van der Waals surface area contributed by atoms with Gasteiger partial charge in [0.15, 0.2) is 0 Å². The molecule has 9 heteroatoms. The average molecular weight is 469 g/mol. The minimum absolute atomic E-state index is 0.258. The molecule has 1 aliphatic heterocycles. The summed E-state index contributed by atoms with van der Waals surface area (Å²) in [4.78, 5) is 17.6. The fraction of sp³-hybridized carbons (Fsp3) is 0.292. The predicted octanol–water partition coefficient (Wildman–Crippen LogP) is 4.96. The van der Waals surface area contributed by atoms with Crippen LogP contribution in [0.1, 0.15) is 37.9 Å². The van der Waals surface area contributed by atoms with Gasteiger partial charge in [-0.1, -0.05) is 42.1 Å². The molecule has 7 nitrogen and oxygen atoms in total. The van der Waals surface area contributed by atoms with E-state index in [-0.39, 0.29) is 12.4 Å².